The van der Waals surface area contributed by atoms with Crippen molar-refractivity contribution in [2.75, 3.05) is 24.1 Å². The second-order valence-corrected chi connectivity index (χ2v) is 22.1. The van der Waals surface area contributed by atoms with E-state index in [1.54, 1.807) is 12.3 Å². The van der Waals surface area contributed by atoms with Crippen LogP contribution in [0.5, 0.6) is 0 Å². The predicted octanol–water partition coefficient (Wildman–Crippen LogP) is 5.11. The van der Waals surface area contributed by atoms with Crippen molar-refractivity contribution in [2.45, 2.75) is 122 Å². The number of thioether (sulfide) groups is 1. The van der Waals surface area contributed by atoms with Gasteiger partial charge in [0.05, 0.1) is 12.5 Å². The highest BCUT2D eigenvalue weighted by molar-refractivity contribution is 7.98. The van der Waals surface area contributed by atoms with Gasteiger partial charge in [-0.3, -0.25) is 9.36 Å². The third kappa shape index (κ3) is 7.45. The molecule has 0 radical (unpaired) electrons. The van der Waals surface area contributed by atoms with Gasteiger partial charge in [-0.2, -0.15) is 4.98 Å². The number of anilines is 1. The van der Waals surface area contributed by atoms with Gasteiger partial charge in [-0.1, -0.05) is 55.4 Å². The average molecular weight is 644 g/mol. The van der Waals surface area contributed by atoms with Crippen LogP contribution in [-0.2, 0) is 32.0 Å². The van der Waals surface area contributed by atoms with E-state index < -0.39 is 47.4 Å². The van der Waals surface area contributed by atoms with Crippen LogP contribution in [0.2, 0.25) is 22.2 Å². The quantitative estimate of drug-likeness (QED) is 0.242. The predicted molar refractivity (Wildman–Crippen MR) is 168 cm³/mol. The van der Waals surface area contributed by atoms with Crippen molar-refractivity contribution in [2.24, 2.45) is 0 Å². The number of rotatable bonds is 12. The van der Waals surface area contributed by atoms with Crippen molar-refractivity contribution in [3.63, 3.8) is 0 Å². The standard InChI is InChI=1S/C28H49N3O8SSi2/c1-17(2)41(18(3)4)36-15-22-25(38-42(39-41,19(5)6)20(7)8)26(35-16-40-10)27(37-22)31-14-13-23(30-28(31)34)29-24(33)12-11-21(9)32/h13-14,17-20,22,25-27H,11-12,15-16H2,1-10H3,(H,29,30,33,34)/t22-,25-,26-,27-/m1/s1. The van der Waals surface area contributed by atoms with Gasteiger partial charge in [-0.05, 0) is 41.4 Å². The molecule has 0 aromatic carbocycles. The van der Waals surface area contributed by atoms with E-state index in [1.165, 1.54) is 23.3 Å². The maximum absolute atomic E-state index is 13.3. The molecular formula is C28H49N3O8SSi2. The molecule has 1 amide bonds. The summed E-state index contributed by atoms with van der Waals surface area (Å²) in [5, 5.41) is 2.59. The number of fused-ring (bicyclic) bond motifs is 1. The molecule has 0 unspecified atom stereocenters. The number of carbonyl (C=O) groups is 2. The van der Waals surface area contributed by atoms with Gasteiger partial charge in [0.1, 0.15) is 29.9 Å². The monoisotopic (exact) mass is 643 g/mol. The molecular weight excluding hydrogens is 595 g/mol. The first-order chi connectivity index (χ1) is 19.7. The average Bonchev–Trinajstić information content (AvgIpc) is 3.21. The molecule has 3 rings (SSSR count). The van der Waals surface area contributed by atoms with Crippen LogP contribution in [-0.4, -0.2) is 75.5 Å². The number of nitrogens with zero attached hydrogens (tertiary/aromatic N) is 2. The Hall–Kier alpha value is -1.40. The minimum absolute atomic E-state index is 0.0219. The molecule has 14 heteroatoms. The Morgan fingerprint density at radius 3 is 2.21 bits per heavy atom. The fraction of sp³-hybridized carbons (Fsp3) is 0.786. The molecule has 0 aliphatic carbocycles. The van der Waals surface area contributed by atoms with E-state index in [4.69, 9.17) is 22.4 Å². The van der Waals surface area contributed by atoms with Crippen molar-refractivity contribution in [3.8, 4) is 0 Å². The number of nitrogens with one attached hydrogen (secondary N) is 1. The Morgan fingerprint density at radius 2 is 1.69 bits per heavy atom. The topological polar surface area (TPSA) is 127 Å². The second kappa shape index (κ2) is 14.6. The smallest absolute Gasteiger partial charge is 0.351 e. The van der Waals surface area contributed by atoms with Gasteiger partial charge >= 0.3 is 22.8 Å². The number of hydrogen-bond acceptors (Lipinski definition) is 10. The van der Waals surface area contributed by atoms with Crippen molar-refractivity contribution >= 4 is 46.4 Å². The maximum atomic E-state index is 13.3. The van der Waals surface area contributed by atoms with Gasteiger partial charge < -0.3 is 32.6 Å². The van der Waals surface area contributed by atoms with Crippen LogP contribution in [0.3, 0.4) is 0 Å². The summed E-state index contributed by atoms with van der Waals surface area (Å²) in [5.41, 5.74) is 0.0259. The van der Waals surface area contributed by atoms with E-state index >= 15 is 0 Å². The van der Waals surface area contributed by atoms with Crippen LogP contribution < -0.4 is 11.0 Å². The normalized spacial score (nSPS) is 25.5. The Bertz CT molecular complexity index is 1130. The van der Waals surface area contributed by atoms with Crippen LogP contribution in [0.25, 0.3) is 0 Å². The second-order valence-electron chi connectivity index (χ2n) is 12.4. The van der Waals surface area contributed by atoms with Crippen LogP contribution in [0, 0.1) is 0 Å². The summed E-state index contributed by atoms with van der Waals surface area (Å²) in [6.45, 7) is 19.0. The third-order valence-corrected chi connectivity index (χ3v) is 18.7. The lowest BCUT2D eigenvalue weighted by atomic mass is 10.1. The number of carbonyl (C=O) groups excluding carboxylic acids is 2. The van der Waals surface area contributed by atoms with Crippen molar-refractivity contribution < 1.29 is 32.0 Å². The fourth-order valence-electron chi connectivity index (χ4n) is 5.84. The van der Waals surface area contributed by atoms with E-state index in [1.807, 2.05) is 6.26 Å². The summed E-state index contributed by atoms with van der Waals surface area (Å²) in [5.74, 6) is 0.0133. The molecule has 1 aromatic rings. The number of aromatic nitrogens is 2. The van der Waals surface area contributed by atoms with Gasteiger partial charge in [0.15, 0.2) is 6.23 Å². The molecule has 3 heterocycles. The van der Waals surface area contributed by atoms with Crippen molar-refractivity contribution in [1.29, 1.82) is 0 Å². The van der Waals surface area contributed by atoms with Crippen LogP contribution in [0.15, 0.2) is 17.1 Å². The maximum Gasteiger partial charge on any atom is 0.351 e. The largest absolute Gasteiger partial charge is 0.414 e. The number of amides is 1. The molecule has 4 atom stereocenters. The van der Waals surface area contributed by atoms with Gasteiger partial charge in [0, 0.05) is 19.0 Å². The molecule has 2 saturated heterocycles. The Kier molecular flexibility index (Phi) is 12.2. The van der Waals surface area contributed by atoms with Gasteiger partial charge in [0.25, 0.3) is 0 Å². The summed E-state index contributed by atoms with van der Waals surface area (Å²) < 4.78 is 35.6. The van der Waals surface area contributed by atoms with Gasteiger partial charge in [0.2, 0.25) is 5.91 Å². The molecule has 0 bridgehead atoms. The van der Waals surface area contributed by atoms with E-state index in [-0.39, 0.29) is 59.1 Å². The zero-order chi connectivity index (χ0) is 31.4. The first-order valence-electron chi connectivity index (χ1n) is 14.8. The Labute approximate surface area is 256 Å². The highest BCUT2D eigenvalue weighted by Crippen LogP contribution is 2.48. The molecule has 0 saturated carbocycles. The van der Waals surface area contributed by atoms with Crippen LogP contribution >= 0.6 is 11.8 Å². The lowest BCUT2D eigenvalue weighted by molar-refractivity contribution is -0.121. The zero-order valence-electron chi connectivity index (χ0n) is 26.7. The Balaban J connectivity index is 2.02. The molecule has 2 aliphatic heterocycles. The number of ketones is 1. The highest BCUT2D eigenvalue weighted by Gasteiger charge is 2.62. The van der Waals surface area contributed by atoms with E-state index in [9.17, 15) is 14.4 Å². The zero-order valence-corrected chi connectivity index (χ0v) is 29.5. The summed E-state index contributed by atoms with van der Waals surface area (Å²) in [4.78, 5) is 40.8. The summed E-state index contributed by atoms with van der Waals surface area (Å²) in [7, 11) is -5.71. The minimum Gasteiger partial charge on any atom is -0.414 e. The molecule has 1 N–H and O–H groups in total. The van der Waals surface area contributed by atoms with Crippen LogP contribution in [0.1, 0.15) is 81.4 Å². The van der Waals surface area contributed by atoms with E-state index in [0.29, 0.717) is 5.94 Å². The minimum atomic E-state index is -2.94. The molecule has 0 spiro atoms. The highest BCUT2D eigenvalue weighted by atomic mass is 32.2. The lowest BCUT2D eigenvalue weighted by Crippen LogP contribution is -2.66. The Morgan fingerprint density at radius 1 is 1.07 bits per heavy atom. The first-order valence-corrected chi connectivity index (χ1v) is 20.2. The van der Waals surface area contributed by atoms with Gasteiger partial charge in [-0.15, -0.1) is 11.8 Å². The number of ether oxygens (including phenoxy) is 2. The van der Waals surface area contributed by atoms with Crippen LogP contribution in [0.4, 0.5) is 5.82 Å². The summed E-state index contributed by atoms with van der Waals surface area (Å²) in [6.07, 6.45) is 1.17. The molecule has 238 valence electrons. The fourth-order valence-corrected chi connectivity index (χ4v) is 17.3. The summed E-state index contributed by atoms with van der Waals surface area (Å²) in [6, 6.07) is 1.54. The number of Topliss-reactive ketones (excluding diaryl/α,β-unsaturated/α-hetero) is 1. The molecule has 42 heavy (non-hydrogen) atoms. The van der Waals surface area contributed by atoms with E-state index in [2.05, 4.69) is 65.7 Å². The summed E-state index contributed by atoms with van der Waals surface area (Å²) >= 11 is 1.52. The lowest BCUT2D eigenvalue weighted by Gasteiger charge is -2.51. The van der Waals surface area contributed by atoms with E-state index in [0.717, 1.165) is 0 Å². The molecule has 1 aromatic heterocycles. The van der Waals surface area contributed by atoms with Crippen molar-refractivity contribution in [3.05, 3.63) is 22.7 Å². The third-order valence-electron chi connectivity index (χ3n) is 8.07. The number of hydrogen-bond donors (Lipinski definition) is 1. The molecule has 2 fully saturated rings. The molecule has 2 aliphatic rings. The molecule has 11 nitrogen and oxygen atoms in total. The first kappa shape index (κ1) is 35.1. The SMILES string of the molecule is CSCO[C@@H]1[C@@H]2O[Si](C(C)C)(C(C)C)O[Si](C(C)C)(C(C)C)OC[C@H]2O[C@H]1n1ccc(NC(=O)CCC(C)=O)nc1=O. The van der Waals surface area contributed by atoms with Crippen molar-refractivity contribution in [1.82, 2.24) is 9.55 Å². The van der Waals surface area contributed by atoms with Gasteiger partial charge in [-0.25, -0.2) is 4.79 Å².